The van der Waals surface area contributed by atoms with Crippen molar-refractivity contribution < 1.29 is 14.4 Å². The fraction of sp³-hybridized carbons (Fsp3) is 0.385. The van der Waals surface area contributed by atoms with E-state index < -0.39 is 0 Å². The Morgan fingerprint density at radius 2 is 2.12 bits per heavy atom. The summed E-state index contributed by atoms with van der Waals surface area (Å²) in [6.45, 7) is 3.57. The molecule has 0 aliphatic carbocycles. The van der Waals surface area contributed by atoms with Gasteiger partial charge in [0.2, 0.25) is 5.84 Å². The van der Waals surface area contributed by atoms with Crippen LogP contribution in [0.3, 0.4) is 0 Å². The van der Waals surface area contributed by atoms with Crippen LogP contribution in [0.1, 0.15) is 17.3 Å². The van der Waals surface area contributed by atoms with Crippen LogP contribution in [0, 0.1) is 0 Å². The second kappa shape index (κ2) is 4.77. The molecule has 1 aliphatic heterocycles. The van der Waals surface area contributed by atoms with Crippen LogP contribution >= 0.6 is 0 Å². The predicted molar refractivity (Wildman–Crippen MR) is 65.8 cm³/mol. The molecule has 0 saturated heterocycles. The maximum atomic E-state index is 12.5. The van der Waals surface area contributed by atoms with Gasteiger partial charge in [0.25, 0.3) is 0 Å². The van der Waals surface area contributed by atoms with Crippen molar-refractivity contribution in [2.24, 2.45) is 4.99 Å². The average Bonchev–Trinajstić information content (AvgIpc) is 2.73. The van der Waals surface area contributed by atoms with E-state index >= 15 is 0 Å². The number of carbonyl (C=O) groups excluding carboxylic acids is 1. The molecule has 90 valence electrons. The van der Waals surface area contributed by atoms with Crippen LogP contribution in [0.25, 0.3) is 0 Å². The summed E-state index contributed by atoms with van der Waals surface area (Å²) in [5, 5.41) is 9.18. The highest BCUT2D eigenvalue weighted by atomic mass is 16.3. The summed E-state index contributed by atoms with van der Waals surface area (Å²) < 4.78 is 0.167. The molecule has 1 N–H and O–H groups in total. The summed E-state index contributed by atoms with van der Waals surface area (Å²) in [6.07, 6.45) is 0. The van der Waals surface area contributed by atoms with Gasteiger partial charge in [0.05, 0.1) is 18.7 Å². The van der Waals surface area contributed by atoms with E-state index in [1.165, 1.54) is 0 Å². The van der Waals surface area contributed by atoms with Crippen LogP contribution in [-0.4, -0.2) is 47.6 Å². The number of hydrogen-bond donors (Lipinski definition) is 1. The highest BCUT2D eigenvalue weighted by Gasteiger charge is 2.43. The zero-order valence-corrected chi connectivity index (χ0v) is 9.97. The number of benzene rings is 1. The molecule has 0 saturated carbocycles. The summed E-state index contributed by atoms with van der Waals surface area (Å²) in [7, 11) is 0. The van der Waals surface area contributed by atoms with Gasteiger partial charge in [-0.1, -0.05) is 18.2 Å². The van der Waals surface area contributed by atoms with E-state index in [2.05, 4.69) is 4.99 Å². The molecule has 4 heteroatoms. The van der Waals surface area contributed by atoms with Gasteiger partial charge in [0.1, 0.15) is 13.1 Å². The van der Waals surface area contributed by atoms with E-state index in [4.69, 9.17) is 0 Å². The first-order valence-corrected chi connectivity index (χ1v) is 5.80. The number of aliphatic hydroxyl groups excluding tert-OH is 1. The number of quaternary nitrogens is 1. The normalized spacial score (nSPS) is 23.5. The number of amides is 1. The third-order valence-electron chi connectivity index (χ3n) is 3.33. The Bertz CT molecular complexity index is 442. The molecule has 1 aliphatic rings. The fourth-order valence-electron chi connectivity index (χ4n) is 2.30. The van der Waals surface area contributed by atoms with Crippen molar-refractivity contribution in [2.75, 3.05) is 26.2 Å². The summed E-state index contributed by atoms with van der Waals surface area (Å²) in [5.74, 6) is 0.825. The summed E-state index contributed by atoms with van der Waals surface area (Å²) in [5.41, 5.74) is 0.678. The van der Waals surface area contributed by atoms with Gasteiger partial charge in [-0.25, -0.2) is 14.3 Å². The average molecular weight is 233 g/mol. The Labute approximate surface area is 101 Å². The fourth-order valence-corrected chi connectivity index (χ4v) is 2.30. The van der Waals surface area contributed by atoms with E-state index in [9.17, 15) is 9.90 Å². The summed E-state index contributed by atoms with van der Waals surface area (Å²) in [6, 6.07) is 9.21. The molecule has 17 heavy (non-hydrogen) atoms. The molecule has 0 spiro atoms. The third kappa shape index (κ3) is 2.01. The lowest BCUT2D eigenvalue weighted by molar-refractivity contribution is -0.751. The van der Waals surface area contributed by atoms with Gasteiger partial charge in [-0.15, -0.1) is 0 Å². The lowest BCUT2D eigenvalue weighted by Gasteiger charge is -2.29. The minimum Gasteiger partial charge on any atom is -0.390 e. The lowest BCUT2D eigenvalue weighted by Crippen LogP contribution is -2.56. The zero-order chi connectivity index (χ0) is 12.3. The van der Waals surface area contributed by atoms with Gasteiger partial charge in [0, 0.05) is 6.92 Å². The molecule has 1 aromatic rings. The molecule has 0 bridgehead atoms. The first-order chi connectivity index (χ1) is 8.20. The molecule has 1 heterocycles. The Morgan fingerprint density at radius 3 is 2.65 bits per heavy atom. The maximum absolute atomic E-state index is 12.5. The second-order valence-corrected chi connectivity index (χ2v) is 4.24. The van der Waals surface area contributed by atoms with Crippen molar-refractivity contribution in [3.8, 4) is 0 Å². The van der Waals surface area contributed by atoms with E-state index in [0.717, 1.165) is 5.84 Å². The number of rotatable bonds is 3. The second-order valence-electron chi connectivity index (χ2n) is 4.24. The Kier molecular flexibility index (Phi) is 3.36. The van der Waals surface area contributed by atoms with Gasteiger partial charge < -0.3 is 5.11 Å². The number of aliphatic hydroxyl groups is 1. The monoisotopic (exact) mass is 233 g/mol. The van der Waals surface area contributed by atoms with Crippen LogP contribution in [-0.2, 0) is 0 Å². The first-order valence-electron chi connectivity index (χ1n) is 5.80. The molecule has 1 amide bonds. The van der Waals surface area contributed by atoms with Gasteiger partial charge >= 0.3 is 5.91 Å². The van der Waals surface area contributed by atoms with Crippen LogP contribution in [0.4, 0.5) is 0 Å². The number of aliphatic imine (C=N–C) groups is 1. The topological polar surface area (TPSA) is 49.7 Å². The molecular formula is C13H17N2O2+. The number of hydrogen-bond acceptors (Lipinski definition) is 3. The summed E-state index contributed by atoms with van der Waals surface area (Å²) >= 11 is 0. The minimum atomic E-state index is -0.00850. The Balaban J connectivity index is 2.36. The summed E-state index contributed by atoms with van der Waals surface area (Å²) in [4.78, 5) is 16.9. The number of carbonyl (C=O) groups is 1. The first kappa shape index (κ1) is 12.0. The Morgan fingerprint density at radius 1 is 1.41 bits per heavy atom. The van der Waals surface area contributed by atoms with Crippen molar-refractivity contribution in [2.45, 2.75) is 6.92 Å². The standard InChI is InChI=1S/C13H17N2O2/c1-11-14-7-8-15(11,9-10-16)13(17)12-5-3-2-4-6-12/h2-6,16H,7-10H2,1H3/q+1. The van der Waals surface area contributed by atoms with Crippen molar-refractivity contribution in [1.82, 2.24) is 0 Å². The van der Waals surface area contributed by atoms with Gasteiger partial charge in [-0.05, 0) is 12.1 Å². The van der Waals surface area contributed by atoms with E-state index in [1.807, 2.05) is 37.3 Å². The quantitative estimate of drug-likeness (QED) is 0.794. The molecule has 2 rings (SSSR count). The van der Waals surface area contributed by atoms with Crippen LogP contribution in [0.5, 0.6) is 0 Å². The van der Waals surface area contributed by atoms with Crippen LogP contribution in [0.2, 0.25) is 0 Å². The van der Waals surface area contributed by atoms with Crippen LogP contribution in [0.15, 0.2) is 35.3 Å². The molecule has 4 nitrogen and oxygen atoms in total. The molecule has 1 atom stereocenters. The maximum Gasteiger partial charge on any atom is 0.352 e. The van der Waals surface area contributed by atoms with E-state index in [0.29, 0.717) is 25.2 Å². The van der Waals surface area contributed by atoms with Crippen molar-refractivity contribution >= 4 is 11.7 Å². The zero-order valence-electron chi connectivity index (χ0n) is 9.97. The molecule has 1 unspecified atom stereocenters. The molecule has 0 aromatic heterocycles. The van der Waals surface area contributed by atoms with Gasteiger partial charge in [0.15, 0.2) is 0 Å². The van der Waals surface area contributed by atoms with Gasteiger partial charge in [-0.3, -0.25) is 0 Å². The largest absolute Gasteiger partial charge is 0.390 e. The minimum absolute atomic E-state index is 0.00850. The lowest BCUT2D eigenvalue weighted by atomic mass is 10.1. The molecule has 0 radical (unpaired) electrons. The number of nitrogens with zero attached hydrogens (tertiary/aromatic N) is 2. The van der Waals surface area contributed by atoms with Crippen LogP contribution < -0.4 is 0 Å². The highest BCUT2D eigenvalue weighted by molar-refractivity contribution is 5.97. The highest BCUT2D eigenvalue weighted by Crippen LogP contribution is 2.20. The predicted octanol–water partition coefficient (Wildman–Crippen LogP) is 1.07. The van der Waals surface area contributed by atoms with Crippen molar-refractivity contribution in [1.29, 1.82) is 0 Å². The van der Waals surface area contributed by atoms with E-state index in [-0.39, 0.29) is 17.0 Å². The third-order valence-corrected chi connectivity index (χ3v) is 3.33. The molecule has 1 aromatic carbocycles. The van der Waals surface area contributed by atoms with Crippen molar-refractivity contribution in [3.05, 3.63) is 35.9 Å². The Hall–Kier alpha value is -1.52. The molecule has 0 fully saturated rings. The smallest absolute Gasteiger partial charge is 0.352 e. The SMILES string of the molecule is CC1=NCC[N+]1(CCO)C(=O)c1ccccc1. The van der Waals surface area contributed by atoms with Gasteiger partial charge in [-0.2, -0.15) is 0 Å². The van der Waals surface area contributed by atoms with Crippen molar-refractivity contribution in [3.63, 3.8) is 0 Å². The van der Waals surface area contributed by atoms with E-state index in [1.54, 1.807) is 0 Å². The molecular weight excluding hydrogens is 216 g/mol. The number of amidine groups is 1.